The van der Waals surface area contributed by atoms with Crippen LogP contribution in [-0.4, -0.2) is 0 Å². The number of aryl methyl sites for hydroxylation is 1. The van der Waals surface area contributed by atoms with E-state index in [1.807, 2.05) is 0 Å². The van der Waals surface area contributed by atoms with Crippen LogP contribution < -0.4 is 0 Å². The molecule has 1 atom stereocenters. The van der Waals surface area contributed by atoms with Gasteiger partial charge in [0.2, 0.25) is 0 Å². The third-order valence-corrected chi connectivity index (χ3v) is 5.80. The highest BCUT2D eigenvalue weighted by atomic mass is 19.2. The molecule has 1 aromatic carbocycles. The summed E-state index contributed by atoms with van der Waals surface area (Å²) < 4.78 is 27.9. The van der Waals surface area contributed by atoms with Crippen LogP contribution in [-0.2, 0) is 0 Å². The van der Waals surface area contributed by atoms with Crippen LogP contribution in [0.2, 0.25) is 0 Å². The summed E-state index contributed by atoms with van der Waals surface area (Å²) in [7, 11) is 0. The van der Waals surface area contributed by atoms with Gasteiger partial charge in [0.1, 0.15) is 0 Å². The van der Waals surface area contributed by atoms with Gasteiger partial charge < -0.3 is 0 Å². The molecule has 120 valence electrons. The van der Waals surface area contributed by atoms with E-state index >= 15 is 0 Å². The van der Waals surface area contributed by atoms with Crippen LogP contribution in [0, 0.1) is 36.3 Å². The first-order valence-corrected chi connectivity index (χ1v) is 8.70. The lowest BCUT2D eigenvalue weighted by atomic mass is 9.71. The molecule has 2 heteroatoms. The Bertz CT molecular complexity index is 565. The standard InChI is InChI=1S/C20H26F2/c1-13-3-6-15(7-4-13)16-8-10-17(11-9-16)18-12-5-14(2)19(21)20(18)22/h5,10,12-13,15-16H,3-4,6-9,11H2,1-2H3/t13?,15?,16-/m0/s1. The lowest BCUT2D eigenvalue weighted by Gasteiger charge is -2.34. The molecule has 0 nitrogen and oxygen atoms in total. The van der Waals surface area contributed by atoms with E-state index in [1.54, 1.807) is 19.1 Å². The first kappa shape index (κ1) is 15.7. The molecule has 0 saturated heterocycles. The van der Waals surface area contributed by atoms with Crippen molar-refractivity contribution < 1.29 is 8.78 Å². The second-order valence-corrected chi connectivity index (χ2v) is 7.34. The van der Waals surface area contributed by atoms with Gasteiger partial charge in [0.05, 0.1) is 0 Å². The molecular weight excluding hydrogens is 278 g/mol. The maximum Gasteiger partial charge on any atom is 0.166 e. The molecule has 0 heterocycles. The van der Waals surface area contributed by atoms with Crippen LogP contribution in [0.15, 0.2) is 18.2 Å². The van der Waals surface area contributed by atoms with Crippen molar-refractivity contribution in [2.75, 3.05) is 0 Å². The van der Waals surface area contributed by atoms with Crippen LogP contribution in [0.5, 0.6) is 0 Å². The Kier molecular flexibility index (Phi) is 4.65. The Hall–Kier alpha value is -1.18. The maximum atomic E-state index is 14.1. The molecule has 0 N–H and O–H groups in total. The Labute approximate surface area is 132 Å². The molecule has 2 aliphatic rings. The van der Waals surface area contributed by atoms with E-state index in [1.165, 1.54) is 25.7 Å². The average molecular weight is 304 g/mol. The molecule has 0 aromatic heterocycles. The largest absolute Gasteiger partial charge is 0.203 e. The van der Waals surface area contributed by atoms with E-state index in [4.69, 9.17) is 0 Å². The summed E-state index contributed by atoms with van der Waals surface area (Å²) in [5, 5.41) is 0. The van der Waals surface area contributed by atoms with E-state index < -0.39 is 11.6 Å². The third kappa shape index (κ3) is 3.11. The van der Waals surface area contributed by atoms with Crippen LogP contribution in [0.3, 0.4) is 0 Å². The van der Waals surface area contributed by atoms with Crippen molar-refractivity contribution in [2.45, 2.75) is 58.8 Å². The van der Waals surface area contributed by atoms with Gasteiger partial charge in [-0.25, -0.2) is 8.78 Å². The summed E-state index contributed by atoms with van der Waals surface area (Å²) in [6.45, 7) is 3.96. The SMILES string of the molecule is Cc1ccc(C2=CC[C@H](C3CCC(C)CC3)CC2)c(F)c1F. The molecule has 2 aliphatic carbocycles. The van der Waals surface area contributed by atoms with Crippen molar-refractivity contribution in [1.82, 2.24) is 0 Å². The van der Waals surface area contributed by atoms with E-state index in [-0.39, 0.29) is 0 Å². The van der Waals surface area contributed by atoms with Crippen molar-refractivity contribution in [3.8, 4) is 0 Å². The van der Waals surface area contributed by atoms with Gasteiger partial charge >= 0.3 is 0 Å². The van der Waals surface area contributed by atoms with Crippen molar-refractivity contribution in [2.24, 2.45) is 17.8 Å². The van der Waals surface area contributed by atoms with Crippen LogP contribution in [0.1, 0.15) is 63.0 Å². The Balaban J connectivity index is 1.70. The molecule has 0 unspecified atom stereocenters. The molecule has 1 aromatic rings. The van der Waals surface area contributed by atoms with Crippen LogP contribution in [0.25, 0.3) is 5.57 Å². The molecule has 0 aliphatic heterocycles. The zero-order chi connectivity index (χ0) is 15.7. The zero-order valence-electron chi connectivity index (χ0n) is 13.7. The van der Waals surface area contributed by atoms with Gasteiger partial charge in [-0.2, -0.15) is 0 Å². The van der Waals surface area contributed by atoms with Gasteiger partial charge in [-0.05, 0) is 67.9 Å². The number of rotatable bonds is 2. The third-order valence-electron chi connectivity index (χ3n) is 5.80. The lowest BCUT2D eigenvalue weighted by molar-refractivity contribution is 0.202. The molecule has 1 saturated carbocycles. The second kappa shape index (κ2) is 6.52. The van der Waals surface area contributed by atoms with E-state index in [0.29, 0.717) is 11.1 Å². The summed E-state index contributed by atoms with van der Waals surface area (Å²) >= 11 is 0. The summed E-state index contributed by atoms with van der Waals surface area (Å²) in [6.07, 6.45) is 10.6. The summed E-state index contributed by atoms with van der Waals surface area (Å²) in [5.74, 6) is 1.11. The number of hydrogen-bond acceptors (Lipinski definition) is 0. The minimum atomic E-state index is -0.693. The van der Waals surface area contributed by atoms with Gasteiger partial charge in [0.25, 0.3) is 0 Å². The molecule has 0 spiro atoms. The minimum Gasteiger partial charge on any atom is -0.203 e. The first-order chi connectivity index (χ1) is 10.6. The van der Waals surface area contributed by atoms with Gasteiger partial charge in [-0.15, -0.1) is 0 Å². The lowest BCUT2D eigenvalue weighted by Crippen LogP contribution is -2.22. The highest BCUT2D eigenvalue weighted by Crippen LogP contribution is 2.41. The highest BCUT2D eigenvalue weighted by molar-refractivity contribution is 5.67. The number of benzene rings is 1. The number of hydrogen-bond donors (Lipinski definition) is 0. The minimum absolute atomic E-state index is 0.381. The Morgan fingerprint density at radius 1 is 0.909 bits per heavy atom. The van der Waals surface area contributed by atoms with E-state index in [0.717, 1.165) is 42.6 Å². The highest BCUT2D eigenvalue weighted by Gasteiger charge is 2.28. The van der Waals surface area contributed by atoms with Gasteiger partial charge in [0.15, 0.2) is 11.6 Å². The number of allylic oxidation sites excluding steroid dienone is 2. The molecule has 3 rings (SSSR count). The summed E-state index contributed by atoms with van der Waals surface area (Å²) in [5.41, 5.74) is 1.85. The molecular formula is C20H26F2. The topological polar surface area (TPSA) is 0 Å². The normalized spacial score (nSPS) is 29.3. The Morgan fingerprint density at radius 3 is 2.27 bits per heavy atom. The van der Waals surface area contributed by atoms with Crippen molar-refractivity contribution in [3.05, 3.63) is 41.0 Å². The average Bonchev–Trinajstić information content (AvgIpc) is 2.54. The van der Waals surface area contributed by atoms with Crippen molar-refractivity contribution in [3.63, 3.8) is 0 Å². The Morgan fingerprint density at radius 2 is 1.64 bits per heavy atom. The summed E-state index contributed by atoms with van der Waals surface area (Å²) in [4.78, 5) is 0. The smallest absolute Gasteiger partial charge is 0.166 e. The monoisotopic (exact) mass is 304 g/mol. The zero-order valence-corrected chi connectivity index (χ0v) is 13.7. The van der Waals surface area contributed by atoms with E-state index in [9.17, 15) is 8.78 Å². The fourth-order valence-corrected chi connectivity index (χ4v) is 4.18. The maximum absolute atomic E-state index is 14.1. The molecule has 22 heavy (non-hydrogen) atoms. The van der Waals surface area contributed by atoms with Crippen molar-refractivity contribution in [1.29, 1.82) is 0 Å². The summed E-state index contributed by atoms with van der Waals surface area (Å²) in [6, 6.07) is 3.42. The number of halogens is 2. The predicted octanol–water partition coefficient (Wildman–Crippen LogP) is 6.28. The van der Waals surface area contributed by atoms with Crippen LogP contribution >= 0.6 is 0 Å². The van der Waals surface area contributed by atoms with Crippen LogP contribution in [0.4, 0.5) is 8.78 Å². The van der Waals surface area contributed by atoms with Gasteiger partial charge in [-0.1, -0.05) is 38.0 Å². The first-order valence-electron chi connectivity index (χ1n) is 8.70. The second-order valence-electron chi connectivity index (χ2n) is 7.34. The fourth-order valence-electron chi connectivity index (χ4n) is 4.18. The molecule has 1 fully saturated rings. The predicted molar refractivity (Wildman–Crippen MR) is 87.5 cm³/mol. The van der Waals surface area contributed by atoms with Crippen molar-refractivity contribution >= 4 is 5.57 Å². The molecule has 0 bridgehead atoms. The van der Waals surface area contributed by atoms with Gasteiger partial charge in [-0.3, -0.25) is 0 Å². The quantitative estimate of drug-likeness (QED) is 0.603. The van der Waals surface area contributed by atoms with E-state index in [2.05, 4.69) is 13.0 Å². The van der Waals surface area contributed by atoms with Gasteiger partial charge in [0, 0.05) is 5.56 Å². The fraction of sp³-hybridized carbons (Fsp3) is 0.600. The molecule has 0 amide bonds. The molecule has 0 radical (unpaired) electrons.